The van der Waals surface area contributed by atoms with Gasteiger partial charge in [0.2, 0.25) is 0 Å². The van der Waals surface area contributed by atoms with Gasteiger partial charge in [-0.3, -0.25) is 4.68 Å². The second-order valence-corrected chi connectivity index (χ2v) is 5.76. The molecule has 22 heavy (non-hydrogen) atoms. The number of aromatic carboxylic acids is 1. The van der Waals surface area contributed by atoms with E-state index in [-0.39, 0.29) is 10.7 Å². The smallest absolute Gasteiger partial charge is 0.347 e. The molecule has 0 amide bonds. The van der Waals surface area contributed by atoms with E-state index in [0.29, 0.717) is 22.9 Å². The Morgan fingerprint density at radius 1 is 1.32 bits per heavy atom. The molecule has 3 rings (SSSR count). The quantitative estimate of drug-likeness (QED) is 0.802. The van der Waals surface area contributed by atoms with Gasteiger partial charge < -0.3 is 5.11 Å². The highest BCUT2D eigenvalue weighted by Crippen LogP contribution is 2.26. The topological polar surface area (TPSA) is 68.0 Å². The van der Waals surface area contributed by atoms with E-state index in [2.05, 4.69) is 10.1 Å². The summed E-state index contributed by atoms with van der Waals surface area (Å²) in [6.45, 7) is 2.18. The fraction of sp³-hybridized carbons (Fsp3) is 0.133. The van der Waals surface area contributed by atoms with Crippen LogP contribution in [0.5, 0.6) is 0 Å². The lowest BCUT2D eigenvalue weighted by Crippen LogP contribution is -2.00. The molecule has 0 fully saturated rings. The summed E-state index contributed by atoms with van der Waals surface area (Å²) >= 11 is 1.11. The number of carboxylic acid groups (broad SMARTS) is 1. The SMILES string of the molecule is Cc1nc(-c2ccn(Cc3ccc(F)cc3)n2)sc1C(=O)O. The maximum absolute atomic E-state index is 12.9. The minimum atomic E-state index is -0.980. The van der Waals surface area contributed by atoms with Gasteiger partial charge in [0.1, 0.15) is 21.4 Å². The lowest BCUT2D eigenvalue weighted by Gasteiger charge is -2.01. The third-order valence-corrected chi connectivity index (χ3v) is 4.28. The number of carbonyl (C=O) groups is 1. The fourth-order valence-electron chi connectivity index (χ4n) is 2.05. The van der Waals surface area contributed by atoms with Crippen molar-refractivity contribution in [3.8, 4) is 10.7 Å². The number of nitrogens with zero attached hydrogens (tertiary/aromatic N) is 3. The molecule has 1 N–H and O–H groups in total. The molecule has 0 atom stereocenters. The second-order valence-electron chi connectivity index (χ2n) is 4.76. The van der Waals surface area contributed by atoms with Crippen LogP contribution >= 0.6 is 11.3 Å². The molecule has 0 unspecified atom stereocenters. The zero-order valence-electron chi connectivity index (χ0n) is 11.7. The van der Waals surface area contributed by atoms with Gasteiger partial charge in [0.05, 0.1) is 12.2 Å². The number of thiazole rings is 1. The largest absolute Gasteiger partial charge is 0.477 e. The molecule has 0 radical (unpaired) electrons. The van der Waals surface area contributed by atoms with E-state index in [4.69, 9.17) is 5.11 Å². The van der Waals surface area contributed by atoms with Crippen LogP contribution in [0.25, 0.3) is 10.7 Å². The molecule has 112 valence electrons. The van der Waals surface area contributed by atoms with Gasteiger partial charge in [0.15, 0.2) is 0 Å². The molecule has 5 nitrogen and oxygen atoms in total. The summed E-state index contributed by atoms with van der Waals surface area (Å²) in [7, 11) is 0. The standard InChI is InChI=1S/C15H12FN3O2S/c1-9-13(15(20)21)22-14(17-9)12-6-7-19(18-12)8-10-2-4-11(16)5-3-10/h2-7H,8H2,1H3,(H,20,21). The first-order valence-corrected chi connectivity index (χ1v) is 7.33. The maximum Gasteiger partial charge on any atom is 0.347 e. The van der Waals surface area contributed by atoms with Crippen LogP contribution in [-0.4, -0.2) is 25.8 Å². The van der Waals surface area contributed by atoms with Crippen molar-refractivity contribution in [1.82, 2.24) is 14.8 Å². The van der Waals surface area contributed by atoms with Crippen molar-refractivity contribution in [3.05, 3.63) is 58.5 Å². The molecule has 0 aliphatic carbocycles. The molecular weight excluding hydrogens is 305 g/mol. The van der Waals surface area contributed by atoms with Crippen molar-refractivity contribution in [1.29, 1.82) is 0 Å². The summed E-state index contributed by atoms with van der Waals surface area (Å²) in [5.74, 6) is -1.25. The number of aromatic nitrogens is 3. The van der Waals surface area contributed by atoms with Gasteiger partial charge in [-0.25, -0.2) is 14.2 Å². The number of carboxylic acids is 1. The normalized spacial score (nSPS) is 10.8. The summed E-state index contributed by atoms with van der Waals surface area (Å²) in [5, 5.41) is 14.0. The van der Waals surface area contributed by atoms with Crippen LogP contribution in [0.1, 0.15) is 20.9 Å². The predicted molar refractivity (Wildman–Crippen MR) is 80.5 cm³/mol. The highest BCUT2D eigenvalue weighted by atomic mass is 32.1. The van der Waals surface area contributed by atoms with Gasteiger partial charge in [0.25, 0.3) is 0 Å². The molecule has 3 aromatic rings. The average Bonchev–Trinajstić information content (AvgIpc) is 3.08. The first-order valence-electron chi connectivity index (χ1n) is 6.52. The minimum absolute atomic E-state index is 0.225. The molecule has 0 saturated heterocycles. The number of rotatable bonds is 4. The van der Waals surface area contributed by atoms with Gasteiger partial charge in [-0.2, -0.15) is 5.10 Å². The molecule has 1 aromatic carbocycles. The van der Waals surface area contributed by atoms with E-state index in [1.54, 1.807) is 36.0 Å². The van der Waals surface area contributed by atoms with Gasteiger partial charge in [0, 0.05) is 6.20 Å². The third kappa shape index (κ3) is 2.89. The Hall–Kier alpha value is -2.54. The van der Waals surface area contributed by atoms with Crippen LogP contribution in [0.3, 0.4) is 0 Å². The Bertz CT molecular complexity index is 824. The molecule has 0 spiro atoms. The van der Waals surface area contributed by atoms with E-state index in [9.17, 15) is 9.18 Å². The van der Waals surface area contributed by atoms with Crippen molar-refractivity contribution < 1.29 is 14.3 Å². The van der Waals surface area contributed by atoms with Gasteiger partial charge in [-0.15, -0.1) is 11.3 Å². The molecule has 0 saturated carbocycles. The fourth-order valence-corrected chi connectivity index (χ4v) is 2.92. The molecule has 0 aliphatic rings. The summed E-state index contributed by atoms with van der Waals surface area (Å²) in [5.41, 5.74) is 2.04. The highest BCUT2D eigenvalue weighted by Gasteiger charge is 2.16. The molecular formula is C15H12FN3O2S. The second kappa shape index (κ2) is 5.69. The number of benzene rings is 1. The molecule has 0 bridgehead atoms. The zero-order chi connectivity index (χ0) is 15.7. The first kappa shape index (κ1) is 14.4. The van der Waals surface area contributed by atoms with Crippen molar-refractivity contribution in [2.45, 2.75) is 13.5 Å². The van der Waals surface area contributed by atoms with Crippen molar-refractivity contribution in [2.24, 2.45) is 0 Å². The number of aryl methyl sites for hydroxylation is 1. The molecule has 0 aliphatic heterocycles. The Kier molecular flexibility index (Phi) is 3.72. The summed E-state index contributed by atoms with van der Waals surface area (Å²) < 4.78 is 14.6. The molecule has 2 heterocycles. The van der Waals surface area contributed by atoms with Crippen LogP contribution in [-0.2, 0) is 6.54 Å². The number of hydrogen-bond donors (Lipinski definition) is 1. The minimum Gasteiger partial charge on any atom is -0.477 e. The van der Waals surface area contributed by atoms with Crippen LogP contribution in [0.15, 0.2) is 36.5 Å². The van der Waals surface area contributed by atoms with Gasteiger partial charge >= 0.3 is 5.97 Å². The van der Waals surface area contributed by atoms with Crippen LogP contribution in [0.2, 0.25) is 0 Å². The highest BCUT2D eigenvalue weighted by molar-refractivity contribution is 7.17. The maximum atomic E-state index is 12.9. The van der Waals surface area contributed by atoms with E-state index in [0.717, 1.165) is 16.9 Å². The van der Waals surface area contributed by atoms with Gasteiger partial charge in [-0.1, -0.05) is 12.1 Å². The average molecular weight is 317 g/mol. The van der Waals surface area contributed by atoms with E-state index in [1.165, 1.54) is 12.1 Å². The third-order valence-electron chi connectivity index (χ3n) is 3.11. The summed E-state index contributed by atoms with van der Waals surface area (Å²) in [4.78, 5) is 15.5. The zero-order valence-corrected chi connectivity index (χ0v) is 12.5. The first-order chi connectivity index (χ1) is 10.5. The summed E-state index contributed by atoms with van der Waals surface area (Å²) in [6, 6.07) is 8.00. The Balaban J connectivity index is 1.83. The van der Waals surface area contributed by atoms with E-state index >= 15 is 0 Å². The van der Waals surface area contributed by atoms with Crippen LogP contribution in [0, 0.1) is 12.7 Å². The van der Waals surface area contributed by atoms with Crippen LogP contribution < -0.4 is 0 Å². The Morgan fingerprint density at radius 2 is 2.05 bits per heavy atom. The summed E-state index contributed by atoms with van der Waals surface area (Å²) in [6.07, 6.45) is 1.79. The molecule has 7 heteroatoms. The monoisotopic (exact) mass is 317 g/mol. The lowest BCUT2D eigenvalue weighted by molar-refractivity contribution is 0.0701. The van der Waals surface area contributed by atoms with E-state index in [1.807, 2.05) is 0 Å². The van der Waals surface area contributed by atoms with E-state index < -0.39 is 5.97 Å². The Labute approximate surface area is 129 Å². The lowest BCUT2D eigenvalue weighted by atomic mass is 10.2. The van der Waals surface area contributed by atoms with Gasteiger partial charge in [-0.05, 0) is 30.7 Å². The number of halogens is 1. The van der Waals surface area contributed by atoms with Crippen molar-refractivity contribution in [2.75, 3.05) is 0 Å². The Morgan fingerprint density at radius 3 is 2.68 bits per heavy atom. The van der Waals surface area contributed by atoms with Crippen LogP contribution in [0.4, 0.5) is 4.39 Å². The molecule has 2 aromatic heterocycles. The van der Waals surface area contributed by atoms with Crippen molar-refractivity contribution in [3.63, 3.8) is 0 Å². The number of hydrogen-bond acceptors (Lipinski definition) is 4. The van der Waals surface area contributed by atoms with Crippen molar-refractivity contribution >= 4 is 17.3 Å². The predicted octanol–water partition coefficient (Wildman–Crippen LogP) is 3.20.